The summed E-state index contributed by atoms with van der Waals surface area (Å²) >= 11 is 0. The molecule has 1 aliphatic heterocycles. The maximum atomic E-state index is 12.3. The van der Waals surface area contributed by atoms with Crippen molar-refractivity contribution in [3.05, 3.63) is 54.0 Å². The summed E-state index contributed by atoms with van der Waals surface area (Å²) in [4.78, 5) is 49.9. The monoisotopic (exact) mass is 442 g/mol. The van der Waals surface area contributed by atoms with E-state index in [-0.39, 0.29) is 25.4 Å². The average Bonchev–Trinajstić information content (AvgIpc) is 3.43. The third-order valence-corrected chi connectivity index (χ3v) is 4.96. The molecule has 32 heavy (non-hydrogen) atoms. The van der Waals surface area contributed by atoms with Crippen LogP contribution in [0.15, 0.2) is 47.1 Å². The van der Waals surface area contributed by atoms with E-state index in [0.717, 1.165) is 12.8 Å². The summed E-state index contributed by atoms with van der Waals surface area (Å²) in [5, 5.41) is 2.60. The molecule has 2 aromatic rings. The van der Waals surface area contributed by atoms with Crippen LogP contribution in [0.5, 0.6) is 0 Å². The van der Waals surface area contributed by atoms with Crippen LogP contribution in [0.2, 0.25) is 0 Å². The fraction of sp³-hybridized carbons (Fsp3) is 0.391. The van der Waals surface area contributed by atoms with E-state index >= 15 is 0 Å². The van der Waals surface area contributed by atoms with Gasteiger partial charge in [-0.3, -0.25) is 14.4 Å². The third-order valence-electron chi connectivity index (χ3n) is 4.96. The number of furan rings is 1. The Labute approximate surface area is 185 Å². The highest BCUT2D eigenvalue weighted by Gasteiger charge is 2.35. The normalized spacial score (nSPS) is 15.5. The van der Waals surface area contributed by atoms with Gasteiger partial charge in [-0.2, -0.15) is 0 Å². The van der Waals surface area contributed by atoms with Crippen molar-refractivity contribution in [2.24, 2.45) is 5.92 Å². The van der Waals surface area contributed by atoms with E-state index in [4.69, 9.17) is 13.9 Å². The number of nitrogens with zero attached hydrogens (tertiary/aromatic N) is 1. The van der Waals surface area contributed by atoms with Crippen molar-refractivity contribution in [3.63, 3.8) is 0 Å². The van der Waals surface area contributed by atoms with Crippen LogP contribution in [0.3, 0.4) is 0 Å². The number of carbonyl (C=O) groups is 4. The van der Waals surface area contributed by atoms with Gasteiger partial charge in [-0.1, -0.05) is 13.3 Å². The van der Waals surface area contributed by atoms with E-state index in [2.05, 4.69) is 5.32 Å². The van der Waals surface area contributed by atoms with Crippen LogP contribution in [0.4, 0.5) is 5.69 Å². The summed E-state index contributed by atoms with van der Waals surface area (Å²) in [5.41, 5.74) is 0.840. The lowest BCUT2D eigenvalue weighted by molar-refractivity contribution is -0.151. The highest BCUT2D eigenvalue weighted by molar-refractivity contribution is 5.95. The molecule has 170 valence electrons. The first-order valence-electron chi connectivity index (χ1n) is 10.5. The Balaban J connectivity index is 1.41. The Morgan fingerprint density at radius 2 is 1.94 bits per heavy atom. The summed E-state index contributed by atoms with van der Waals surface area (Å²) in [6.45, 7) is 2.41. The summed E-state index contributed by atoms with van der Waals surface area (Å²) < 4.78 is 15.4. The van der Waals surface area contributed by atoms with Crippen LogP contribution < -0.4 is 5.32 Å². The molecule has 3 rings (SSSR count). The number of ether oxygens (including phenoxy) is 2. The number of anilines is 1. The fourth-order valence-corrected chi connectivity index (χ4v) is 3.21. The molecule has 1 aromatic carbocycles. The predicted octanol–water partition coefficient (Wildman–Crippen LogP) is 2.77. The molecule has 0 bridgehead atoms. The van der Waals surface area contributed by atoms with E-state index < -0.39 is 30.4 Å². The number of hydrogen-bond acceptors (Lipinski definition) is 7. The van der Waals surface area contributed by atoms with Crippen molar-refractivity contribution in [1.29, 1.82) is 0 Å². The highest BCUT2D eigenvalue weighted by Crippen LogP contribution is 2.21. The standard InChI is InChI=1S/C23H26N2O7/c1-2-3-10-31-22(28)16-6-8-18(9-7-16)24-20(26)15-32-23(29)17-12-21(27)25(13-17)14-19-5-4-11-30-19/h4-9,11,17H,2-3,10,12-15H2,1H3,(H,24,26)/t17-/m1/s1. The van der Waals surface area contributed by atoms with E-state index in [0.29, 0.717) is 23.6 Å². The molecule has 1 fully saturated rings. The Hall–Kier alpha value is -3.62. The second kappa shape index (κ2) is 11.1. The molecule has 0 spiro atoms. The molecule has 1 aliphatic rings. The zero-order valence-electron chi connectivity index (χ0n) is 17.9. The van der Waals surface area contributed by atoms with Gasteiger partial charge in [0.05, 0.1) is 30.9 Å². The number of esters is 2. The molecule has 9 nitrogen and oxygen atoms in total. The van der Waals surface area contributed by atoms with Gasteiger partial charge in [0.1, 0.15) is 5.76 Å². The summed E-state index contributed by atoms with van der Waals surface area (Å²) in [5.74, 6) is -1.69. The van der Waals surface area contributed by atoms with Crippen LogP contribution in [0.25, 0.3) is 0 Å². The van der Waals surface area contributed by atoms with Crippen molar-refractivity contribution < 1.29 is 33.1 Å². The lowest BCUT2D eigenvalue weighted by atomic mass is 10.1. The topological polar surface area (TPSA) is 115 Å². The highest BCUT2D eigenvalue weighted by atomic mass is 16.5. The molecule has 0 aliphatic carbocycles. The SMILES string of the molecule is CCCCOC(=O)c1ccc(NC(=O)COC(=O)[C@@H]2CC(=O)N(Cc3ccco3)C2)cc1. The Bertz CT molecular complexity index is 938. The Morgan fingerprint density at radius 3 is 2.62 bits per heavy atom. The number of hydrogen-bond donors (Lipinski definition) is 1. The van der Waals surface area contributed by atoms with Crippen LogP contribution in [0.1, 0.15) is 42.3 Å². The molecule has 0 radical (unpaired) electrons. The second-order valence-corrected chi connectivity index (χ2v) is 7.48. The smallest absolute Gasteiger partial charge is 0.338 e. The van der Waals surface area contributed by atoms with Crippen LogP contribution >= 0.6 is 0 Å². The average molecular weight is 442 g/mol. The first-order chi connectivity index (χ1) is 15.5. The van der Waals surface area contributed by atoms with Crippen molar-refractivity contribution >= 4 is 29.4 Å². The summed E-state index contributed by atoms with van der Waals surface area (Å²) in [6, 6.07) is 9.72. The maximum Gasteiger partial charge on any atom is 0.338 e. The third kappa shape index (κ3) is 6.44. The molecule has 1 atom stereocenters. The van der Waals surface area contributed by atoms with Crippen LogP contribution in [-0.4, -0.2) is 48.4 Å². The lowest BCUT2D eigenvalue weighted by Crippen LogP contribution is -2.28. The van der Waals surface area contributed by atoms with Gasteiger partial charge >= 0.3 is 11.9 Å². The second-order valence-electron chi connectivity index (χ2n) is 7.48. The quantitative estimate of drug-likeness (QED) is 0.444. The fourth-order valence-electron chi connectivity index (χ4n) is 3.21. The van der Waals surface area contributed by atoms with Gasteiger partial charge in [0.15, 0.2) is 6.61 Å². The number of amides is 2. The summed E-state index contributed by atoms with van der Waals surface area (Å²) in [7, 11) is 0. The number of carbonyl (C=O) groups excluding carboxylic acids is 4. The number of nitrogens with one attached hydrogen (secondary N) is 1. The van der Waals surface area contributed by atoms with E-state index in [1.54, 1.807) is 36.4 Å². The first kappa shape index (κ1) is 23.1. The van der Waals surface area contributed by atoms with Crippen molar-refractivity contribution in [1.82, 2.24) is 4.90 Å². The molecular formula is C23H26N2O7. The minimum absolute atomic E-state index is 0.0387. The number of rotatable bonds is 10. The van der Waals surface area contributed by atoms with Crippen LogP contribution in [0, 0.1) is 5.92 Å². The Kier molecular flexibility index (Phi) is 8.02. The van der Waals surface area contributed by atoms with Crippen molar-refractivity contribution in [2.75, 3.05) is 25.1 Å². The molecule has 1 N–H and O–H groups in total. The molecule has 0 unspecified atom stereocenters. The van der Waals surface area contributed by atoms with Crippen LogP contribution in [-0.2, 0) is 30.4 Å². The summed E-state index contributed by atoms with van der Waals surface area (Å²) in [6.07, 6.45) is 3.29. The van der Waals surface area contributed by atoms with Gasteiger partial charge in [0.2, 0.25) is 5.91 Å². The van der Waals surface area contributed by atoms with E-state index in [1.807, 2.05) is 6.92 Å². The molecular weight excluding hydrogens is 416 g/mol. The van der Waals surface area contributed by atoms with Gasteiger partial charge in [0, 0.05) is 18.7 Å². The Morgan fingerprint density at radius 1 is 1.16 bits per heavy atom. The molecule has 1 aromatic heterocycles. The minimum Gasteiger partial charge on any atom is -0.467 e. The lowest BCUT2D eigenvalue weighted by Gasteiger charge is -2.14. The largest absolute Gasteiger partial charge is 0.467 e. The molecule has 0 saturated carbocycles. The molecule has 2 amide bonds. The molecule has 2 heterocycles. The van der Waals surface area contributed by atoms with Gasteiger partial charge in [-0.15, -0.1) is 0 Å². The minimum atomic E-state index is -0.622. The van der Waals surface area contributed by atoms with E-state index in [9.17, 15) is 19.2 Å². The van der Waals surface area contributed by atoms with Crippen molar-refractivity contribution in [2.45, 2.75) is 32.7 Å². The van der Waals surface area contributed by atoms with Gasteiger partial charge in [0.25, 0.3) is 5.91 Å². The predicted molar refractivity (Wildman–Crippen MR) is 113 cm³/mol. The molecule has 9 heteroatoms. The van der Waals surface area contributed by atoms with E-state index in [1.165, 1.54) is 11.2 Å². The zero-order valence-corrected chi connectivity index (χ0v) is 17.9. The van der Waals surface area contributed by atoms with Crippen molar-refractivity contribution in [3.8, 4) is 0 Å². The molecule has 1 saturated heterocycles. The zero-order chi connectivity index (χ0) is 22.9. The van der Waals surface area contributed by atoms with Gasteiger partial charge in [-0.25, -0.2) is 4.79 Å². The van der Waals surface area contributed by atoms with Gasteiger partial charge in [-0.05, 0) is 42.8 Å². The first-order valence-corrected chi connectivity index (χ1v) is 10.5. The maximum absolute atomic E-state index is 12.3. The number of unbranched alkanes of at least 4 members (excludes halogenated alkanes) is 1. The number of benzene rings is 1. The van der Waals surface area contributed by atoms with Gasteiger partial charge < -0.3 is 24.1 Å². The number of likely N-dealkylation sites (tertiary alicyclic amines) is 1.